The molecule has 0 aliphatic heterocycles. The van der Waals surface area contributed by atoms with E-state index in [2.05, 4.69) is 20.6 Å². The van der Waals surface area contributed by atoms with Crippen molar-refractivity contribution in [3.8, 4) is 16.9 Å². The van der Waals surface area contributed by atoms with E-state index in [9.17, 15) is 14.0 Å². The van der Waals surface area contributed by atoms with Crippen LogP contribution in [0.2, 0.25) is 0 Å². The maximum absolute atomic E-state index is 13.1. The molecular weight excluding hydrogens is 447 g/mol. The molecule has 0 unspecified atom stereocenters. The highest BCUT2D eigenvalue weighted by molar-refractivity contribution is 6.04. The van der Waals surface area contributed by atoms with E-state index in [-0.39, 0.29) is 36.9 Å². The fourth-order valence-electron chi connectivity index (χ4n) is 3.40. The lowest BCUT2D eigenvalue weighted by atomic mass is 10.1. The van der Waals surface area contributed by atoms with Crippen molar-refractivity contribution in [2.24, 2.45) is 0 Å². The lowest BCUT2D eigenvalue weighted by Gasteiger charge is -2.12. The Labute approximate surface area is 202 Å². The van der Waals surface area contributed by atoms with Crippen LogP contribution in [0.15, 0.2) is 91.3 Å². The summed E-state index contributed by atoms with van der Waals surface area (Å²) in [6.07, 6.45) is 2.69. The number of hydrogen-bond donors (Lipinski definition) is 2. The molecule has 1 aromatic heterocycles. The highest BCUT2D eigenvalue weighted by atomic mass is 19.1. The second kappa shape index (κ2) is 11.5. The van der Waals surface area contributed by atoms with Gasteiger partial charge in [0.1, 0.15) is 18.2 Å². The highest BCUT2D eigenvalue weighted by Gasteiger charge is 2.19. The van der Waals surface area contributed by atoms with Crippen LogP contribution in [0.5, 0.6) is 5.75 Å². The van der Waals surface area contributed by atoms with E-state index in [4.69, 9.17) is 4.74 Å². The number of aromatic nitrogens is 2. The number of nitrogens with one attached hydrogen (secondary N) is 2. The van der Waals surface area contributed by atoms with Gasteiger partial charge >= 0.3 is 0 Å². The van der Waals surface area contributed by atoms with Gasteiger partial charge in [0.25, 0.3) is 11.8 Å². The Bertz CT molecular complexity index is 1300. The molecular formula is C27H23FN4O3. The second-order valence-electron chi connectivity index (χ2n) is 7.53. The van der Waals surface area contributed by atoms with E-state index < -0.39 is 11.8 Å². The molecule has 0 fully saturated rings. The van der Waals surface area contributed by atoms with Crippen molar-refractivity contribution in [2.45, 2.75) is 6.54 Å². The number of para-hydroxylation sites is 1. The first-order valence-corrected chi connectivity index (χ1v) is 11.0. The minimum absolute atomic E-state index is 0.0891. The molecule has 0 saturated carbocycles. The van der Waals surface area contributed by atoms with Crippen molar-refractivity contribution in [2.75, 3.05) is 13.2 Å². The third-order valence-corrected chi connectivity index (χ3v) is 5.11. The molecule has 0 aliphatic carbocycles. The third kappa shape index (κ3) is 6.26. The zero-order valence-corrected chi connectivity index (χ0v) is 18.8. The molecule has 0 radical (unpaired) electrons. The minimum atomic E-state index is -0.555. The summed E-state index contributed by atoms with van der Waals surface area (Å²) in [4.78, 5) is 33.3. The van der Waals surface area contributed by atoms with Crippen molar-refractivity contribution in [1.29, 1.82) is 0 Å². The molecule has 0 aliphatic rings. The molecule has 0 atom stereocenters. The Balaban J connectivity index is 1.33. The zero-order chi connectivity index (χ0) is 24.5. The van der Waals surface area contributed by atoms with Gasteiger partial charge in [0.15, 0.2) is 11.4 Å². The lowest BCUT2D eigenvalue weighted by Crippen LogP contribution is -2.33. The predicted molar refractivity (Wildman–Crippen MR) is 129 cm³/mol. The van der Waals surface area contributed by atoms with E-state index in [1.54, 1.807) is 12.1 Å². The highest BCUT2D eigenvalue weighted by Crippen LogP contribution is 2.29. The van der Waals surface area contributed by atoms with Gasteiger partial charge in [-0.1, -0.05) is 60.7 Å². The van der Waals surface area contributed by atoms with E-state index in [1.807, 2.05) is 54.6 Å². The molecule has 35 heavy (non-hydrogen) atoms. The van der Waals surface area contributed by atoms with Gasteiger partial charge in [0, 0.05) is 24.5 Å². The fourth-order valence-corrected chi connectivity index (χ4v) is 3.40. The molecule has 0 saturated heterocycles. The van der Waals surface area contributed by atoms with Crippen LogP contribution < -0.4 is 15.4 Å². The summed E-state index contributed by atoms with van der Waals surface area (Å²) in [6, 6.07) is 23.3. The Morgan fingerprint density at radius 3 is 2.11 bits per heavy atom. The quantitative estimate of drug-likeness (QED) is 0.361. The first kappa shape index (κ1) is 23.6. The molecule has 1 heterocycles. The van der Waals surface area contributed by atoms with Gasteiger partial charge in [-0.15, -0.1) is 0 Å². The monoisotopic (exact) mass is 470 g/mol. The van der Waals surface area contributed by atoms with Crippen LogP contribution in [0, 0.1) is 5.82 Å². The SMILES string of the molecule is O=C(NCCOc1ccccc1-c1ccccc1)c1nccnc1C(=O)NCc1ccc(F)cc1. The number of ether oxygens (including phenoxy) is 1. The van der Waals surface area contributed by atoms with Crippen LogP contribution in [0.4, 0.5) is 4.39 Å². The summed E-state index contributed by atoms with van der Waals surface area (Å²) in [5.74, 6) is -0.751. The first-order valence-electron chi connectivity index (χ1n) is 11.0. The maximum Gasteiger partial charge on any atom is 0.272 e. The Hall–Kier alpha value is -4.59. The summed E-state index contributed by atoms with van der Waals surface area (Å²) in [5, 5.41) is 5.39. The molecule has 3 aromatic carbocycles. The van der Waals surface area contributed by atoms with Crippen LogP contribution in [0.25, 0.3) is 11.1 Å². The smallest absolute Gasteiger partial charge is 0.272 e. The van der Waals surface area contributed by atoms with Crippen molar-refractivity contribution in [1.82, 2.24) is 20.6 Å². The van der Waals surface area contributed by atoms with Gasteiger partial charge in [0.2, 0.25) is 0 Å². The number of benzene rings is 3. The lowest BCUT2D eigenvalue weighted by molar-refractivity contribution is 0.0906. The zero-order valence-electron chi connectivity index (χ0n) is 18.8. The van der Waals surface area contributed by atoms with Gasteiger partial charge in [-0.25, -0.2) is 14.4 Å². The largest absolute Gasteiger partial charge is 0.491 e. The summed E-state index contributed by atoms with van der Waals surface area (Å²) in [5.41, 5.74) is 2.51. The van der Waals surface area contributed by atoms with Crippen molar-refractivity contribution in [3.63, 3.8) is 0 Å². The number of rotatable bonds is 9. The van der Waals surface area contributed by atoms with Crippen molar-refractivity contribution >= 4 is 11.8 Å². The topological polar surface area (TPSA) is 93.2 Å². The average Bonchev–Trinajstić information content (AvgIpc) is 2.91. The van der Waals surface area contributed by atoms with E-state index in [1.165, 1.54) is 24.5 Å². The van der Waals surface area contributed by atoms with Crippen molar-refractivity contribution < 1.29 is 18.7 Å². The number of nitrogens with zero attached hydrogens (tertiary/aromatic N) is 2. The van der Waals surface area contributed by atoms with Gasteiger partial charge in [-0.3, -0.25) is 9.59 Å². The number of carbonyl (C=O) groups excluding carboxylic acids is 2. The molecule has 2 amide bonds. The van der Waals surface area contributed by atoms with Crippen LogP contribution in [-0.2, 0) is 6.54 Å². The molecule has 8 heteroatoms. The molecule has 2 N–H and O–H groups in total. The summed E-state index contributed by atoms with van der Waals surface area (Å²) < 4.78 is 18.9. The van der Waals surface area contributed by atoms with Crippen LogP contribution in [0.1, 0.15) is 26.5 Å². The standard InChI is InChI=1S/C27H23FN4O3/c28-21-12-10-19(11-13-21)18-32-27(34)25-24(29-14-15-30-25)26(33)31-16-17-35-23-9-5-4-8-22(23)20-6-2-1-3-7-20/h1-15H,16-18H2,(H,31,33)(H,32,34). The van der Waals surface area contributed by atoms with Crippen LogP contribution in [-0.4, -0.2) is 34.9 Å². The van der Waals surface area contributed by atoms with Gasteiger partial charge in [-0.05, 0) is 29.3 Å². The minimum Gasteiger partial charge on any atom is -0.491 e. The number of amides is 2. The first-order chi connectivity index (χ1) is 17.1. The van der Waals surface area contributed by atoms with Crippen molar-refractivity contribution in [3.05, 3.63) is 114 Å². The molecule has 7 nitrogen and oxygen atoms in total. The second-order valence-corrected chi connectivity index (χ2v) is 7.53. The molecule has 176 valence electrons. The van der Waals surface area contributed by atoms with E-state index >= 15 is 0 Å². The Kier molecular flexibility index (Phi) is 7.75. The normalized spacial score (nSPS) is 10.4. The van der Waals surface area contributed by atoms with E-state index in [0.29, 0.717) is 11.3 Å². The number of carbonyl (C=O) groups is 2. The third-order valence-electron chi connectivity index (χ3n) is 5.11. The Morgan fingerprint density at radius 2 is 1.40 bits per heavy atom. The number of hydrogen-bond acceptors (Lipinski definition) is 5. The summed E-state index contributed by atoms with van der Waals surface area (Å²) in [7, 11) is 0. The van der Waals surface area contributed by atoms with Gasteiger partial charge in [-0.2, -0.15) is 0 Å². The van der Waals surface area contributed by atoms with Gasteiger partial charge in [0.05, 0.1) is 6.54 Å². The predicted octanol–water partition coefficient (Wildman–Crippen LogP) is 4.02. The van der Waals surface area contributed by atoms with Gasteiger partial charge < -0.3 is 15.4 Å². The summed E-state index contributed by atoms with van der Waals surface area (Å²) >= 11 is 0. The average molecular weight is 471 g/mol. The van der Waals surface area contributed by atoms with E-state index in [0.717, 1.165) is 11.1 Å². The Morgan fingerprint density at radius 1 is 0.771 bits per heavy atom. The molecule has 4 rings (SSSR count). The maximum atomic E-state index is 13.1. The summed E-state index contributed by atoms with van der Waals surface area (Å²) in [6.45, 7) is 0.586. The molecule has 4 aromatic rings. The van der Waals surface area contributed by atoms with Crippen LogP contribution >= 0.6 is 0 Å². The fraction of sp³-hybridized carbons (Fsp3) is 0.111. The molecule has 0 bridgehead atoms. The molecule has 0 spiro atoms. The number of halogens is 1. The van der Waals surface area contributed by atoms with Crippen LogP contribution in [0.3, 0.4) is 0 Å².